The van der Waals surface area contributed by atoms with Gasteiger partial charge in [0.2, 0.25) is 0 Å². The maximum atomic E-state index is 11.3. The fourth-order valence-corrected chi connectivity index (χ4v) is 3.26. The Kier molecular flexibility index (Phi) is 5.58. The highest BCUT2D eigenvalue weighted by atomic mass is 79.9. The van der Waals surface area contributed by atoms with Crippen LogP contribution in [0.15, 0.2) is 18.2 Å². The lowest BCUT2D eigenvalue weighted by atomic mass is 10.0. The van der Waals surface area contributed by atoms with Crippen molar-refractivity contribution in [2.24, 2.45) is 0 Å². The van der Waals surface area contributed by atoms with Gasteiger partial charge < -0.3 is 9.80 Å². The molecule has 0 radical (unpaired) electrons. The van der Waals surface area contributed by atoms with Crippen molar-refractivity contribution < 1.29 is 4.92 Å². The quantitative estimate of drug-likeness (QED) is 0.461. The molecule has 6 heteroatoms. The zero-order chi connectivity index (χ0) is 15.4. The van der Waals surface area contributed by atoms with E-state index in [1.54, 1.807) is 6.07 Å². The Hall–Kier alpha value is -1.14. The molecule has 0 bridgehead atoms. The van der Waals surface area contributed by atoms with Gasteiger partial charge in [-0.1, -0.05) is 28.9 Å². The molecule has 0 N–H and O–H groups in total. The first-order chi connectivity index (χ1) is 10.1. The molecule has 1 fully saturated rings. The summed E-state index contributed by atoms with van der Waals surface area (Å²) in [5, 5.41) is 12.0. The van der Waals surface area contributed by atoms with Gasteiger partial charge in [-0.2, -0.15) is 0 Å². The summed E-state index contributed by atoms with van der Waals surface area (Å²) >= 11 is 3.35. The first kappa shape index (κ1) is 16.2. The average molecular weight is 356 g/mol. The molecule has 0 aromatic heterocycles. The number of benzene rings is 1. The summed E-state index contributed by atoms with van der Waals surface area (Å²) in [5.41, 5.74) is 1.85. The Balaban J connectivity index is 2.19. The van der Waals surface area contributed by atoms with E-state index in [1.807, 2.05) is 19.2 Å². The number of rotatable bonds is 5. The van der Waals surface area contributed by atoms with Crippen LogP contribution in [0.5, 0.6) is 0 Å². The van der Waals surface area contributed by atoms with E-state index in [0.717, 1.165) is 43.7 Å². The molecule has 0 unspecified atom stereocenters. The minimum atomic E-state index is -0.279. The lowest BCUT2D eigenvalue weighted by Crippen LogP contribution is -2.43. The molecule has 21 heavy (non-hydrogen) atoms. The van der Waals surface area contributed by atoms with Gasteiger partial charge in [-0.05, 0) is 31.0 Å². The van der Waals surface area contributed by atoms with Crippen LogP contribution in [0, 0.1) is 10.1 Å². The highest BCUT2D eigenvalue weighted by molar-refractivity contribution is 9.08. The van der Waals surface area contributed by atoms with Crippen LogP contribution in [0.2, 0.25) is 0 Å². The molecule has 0 amide bonds. The second kappa shape index (κ2) is 7.22. The fraction of sp³-hybridized carbons (Fsp3) is 0.600. The van der Waals surface area contributed by atoms with Crippen LogP contribution < -0.4 is 4.90 Å². The molecule has 0 spiro atoms. The third kappa shape index (κ3) is 3.74. The van der Waals surface area contributed by atoms with E-state index in [1.165, 1.54) is 0 Å². The van der Waals surface area contributed by atoms with Crippen molar-refractivity contribution >= 4 is 27.3 Å². The van der Waals surface area contributed by atoms with Crippen molar-refractivity contribution in [1.82, 2.24) is 4.90 Å². The number of likely N-dealkylation sites (tertiary alicyclic amines) is 1. The number of hydrogen-bond donors (Lipinski definition) is 0. The average Bonchev–Trinajstić information content (AvgIpc) is 2.53. The van der Waals surface area contributed by atoms with Gasteiger partial charge in [-0.15, -0.1) is 0 Å². The van der Waals surface area contributed by atoms with E-state index in [0.29, 0.717) is 11.4 Å². The minimum absolute atomic E-state index is 0.201. The molecular weight excluding hydrogens is 334 g/mol. The predicted molar refractivity (Wildman–Crippen MR) is 89.3 cm³/mol. The summed E-state index contributed by atoms with van der Waals surface area (Å²) < 4.78 is 0. The van der Waals surface area contributed by atoms with Gasteiger partial charge in [-0.3, -0.25) is 10.1 Å². The standard InChI is InChI=1S/C15H22BrN3O2/c1-3-18-8-6-13(7-9-18)17(2)14-5-4-12(11-16)10-15(14)19(20)21/h4-5,10,13H,3,6-9,11H2,1-2H3. The molecule has 1 aromatic rings. The van der Waals surface area contributed by atoms with Gasteiger partial charge in [0.15, 0.2) is 0 Å². The van der Waals surface area contributed by atoms with Gasteiger partial charge in [-0.25, -0.2) is 0 Å². The van der Waals surface area contributed by atoms with Gasteiger partial charge in [0.25, 0.3) is 5.69 Å². The Bertz CT molecular complexity index is 502. The molecule has 1 heterocycles. The van der Waals surface area contributed by atoms with Gasteiger partial charge in [0.1, 0.15) is 5.69 Å². The van der Waals surface area contributed by atoms with Crippen LogP contribution in [-0.4, -0.2) is 42.5 Å². The summed E-state index contributed by atoms with van der Waals surface area (Å²) in [5.74, 6) is 0. The van der Waals surface area contributed by atoms with Gasteiger partial charge in [0.05, 0.1) is 4.92 Å². The Morgan fingerprint density at radius 2 is 2.10 bits per heavy atom. The van der Waals surface area contributed by atoms with Crippen molar-refractivity contribution in [3.05, 3.63) is 33.9 Å². The maximum Gasteiger partial charge on any atom is 0.292 e. The number of nitrogens with zero attached hydrogens (tertiary/aromatic N) is 3. The molecule has 1 saturated heterocycles. The lowest BCUT2D eigenvalue weighted by Gasteiger charge is -2.37. The predicted octanol–water partition coefficient (Wildman–Crippen LogP) is 3.41. The van der Waals surface area contributed by atoms with Crippen LogP contribution in [0.1, 0.15) is 25.3 Å². The van der Waals surface area contributed by atoms with Crippen LogP contribution in [0.3, 0.4) is 0 Å². The Morgan fingerprint density at radius 3 is 2.62 bits per heavy atom. The number of hydrogen-bond acceptors (Lipinski definition) is 4. The van der Waals surface area contributed by atoms with Gasteiger partial charge >= 0.3 is 0 Å². The number of alkyl halides is 1. The third-order valence-electron chi connectivity index (χ3n) is 4.32. The van der Waals surface area contributed by atoms with E-state index >= 15 is 0 Å². The molecule has 0 atom stereocenters. The van der Waals surface area contributed by atoms with Gasteiger partial charge in [0, 0.05) is 37.6 Å². The second-order valence-corrected chi connectivity index (χ2v) is 6.05. The fourth-order valence-electron chi connectivity index (χ4n) is 2.92. The summed E-state index contributed by atoms with van der Waals surface area (Å²) in [7, 11) is 1.97. The molecule has 5 nitrogen and oxygen atoms in total. The van der Waals surface area contributed by atoms with E-state index in [4.69, 9.17) is 0 Å². The monoisotopic (exact) mass is 355 g/mol. The molecule has 1 aliphatic rings. The van der Waals surface area contributed by atoms with Crippen LogP contribution in [0.4, 0.5) is 11.4 Å². The van der Waals surface area contributed by atoms with Crippen LogP contribution in [0.25, 0.3) is 0 Å². The van der Waals surface area contributed by atoms with Crippen LogP contribution in [-0.2, 0) is 5.33 Å². The molecular formula is C15H22BrN3O2. The number of piperidine rings is 1. The SMILES string of the molecule is CCN1CCC(N(C)c2ccc(CBr)cc2[N+](=O)[O-])CC1. The number of nitro groups is 1. The molecule has 116 valence electrons. The van der Waals surface area contributed by atoms with Crippen molar-refractivity contribution in [2.75, 3.05) is 31.6 Å². The highest BCUT2D eigenvalue weighted by Crippen LogP contribution is 2.32. The molecule has 1 aromatic carbocycles. The van der Waals surface area contributed by atoms with Crippen LogP contribution >= 0.6 is 15.9 Å². The Labute approximate surface area is 134 Å². The van der Waals surface area contributed by atoms with Crippen molar-refractivity contribution in [2.45, 2.75) is 31.1 Å². The van der Waals surface area contributed by atoms with E-state index < -0.39 is 0 Å². The molecule has 2 rings (SSSR count). The Morgan fingerprint density at radius 1 is 1.43 bits per heavy atom. The van der Waals surface area contributed by atoms with E-state index in [2.05, 4.69) is 32.7 Å². The summed E-state index contributed by atoms with van der Waals surface area (Å²) in [6.45, 7) is 5.39. The largest absolute Gasteiger partial charge is 0.366 e. The molecule has 0 saturated carbocycles. The number of nitro benzene ring substituents is 1. The second-order valence-electron chi connectivity index (χ2n) is 5.49. The third-order valence-corrected chi connectivity index (χ3v) is 4.97. The maximum absolute atomic E-state index is 11.3. The zero-order valence-corrected chi connectivity index (χ0v) is 14.2. The minimum Gasteiger partial charge on any atom is -0.366 e. The zero-order valence-electron chi connectivity index (χ0n) is 12.6. The van der Waals surface area contributed by atoms with Crippen molar-refractivity contribution in [3.8, 4) is 0 Å². The topological polar surface area (TPSA) is 49.6 Å². The first-order valence-corrected chi connectivity index (χ1v) is 8.47. The normalized spacial score (nSPS) is 16.9. The lowest BCUT2D eigenvalue weighted by molar-refractivity contribution is -0.384. The summed E-state index contributed by atoms with van der Waals surface area (Å²) in [6, 6.07) is 5.87. The van der Waals surface area contributed by atoms with Crippen molar-refractivity contribution in [1.29, 1.82) is 0 Å². The summed E-state index contributed by atoms with van der Waals surface area (Å²) in [4.78, 5) is 15.6. The van der Waals surface area contributed by atoms with E-state index in [9.17, 15) is 10.1 Å². The highest BCUT2D eigenvalue weighted by Gasteiger charge is 2.26. The first-order valence-electron chi connectivity index (χ1n) is 7.35. The number of halogens is 1. The van der Waals surface area contributed by atoms with Crippen molar-refractivity contribution in [3.63, 3.8) is 0 Å². The molecule has 0 aliphatic carbocycles. The number of anilines is 1. The molecule has 1 aliphatic heterocycles. The summed E-state index contributed by atoms with van der Waals surface area (Å²) in [6.07, 6.45) is 2.11. The van der Waals surface area contributed by atoms with E-state index in [-0.39, 0.29) is 10.6 Å². The smallest absolute Gasteiger partial charge is 0.292 e.